The first-order valence-electron chi connectivity index (χ1n) is 7.24. The Bertz CT molecular complexity index is 705. The third-order valence-electron chi connectivity index (χ3n) is 3.25. The largest absolute Gasteiger partial charge is 0.467 e. The second-order valence-corrected chi connectivity index (χ2v) is 5.08. The van der Waals surface area contributed by atoms with Gasteiger partial charge in [0.25, 0.3) is 0 Å². The minimum Gasteiger partial charge on any atom is -0.467 e. The summed E-state index contributed by atoms with van der Waals surface area (Å²) in [6, 6.07) is 5.38. The number of urea groups is 1. The molecule has 0 bridgehead atoms. The fourth-order valence-electron chi connectivity index (χ4n) is 2.00. The second-order valence-electron chi connectivity index (χ2n) is 5.08. The molecule has 3 amide bonds. The number of furan rings is 1. The van der Waals surface area contributed by atoms with Gasteiger partial charge < -0.3 is 15.1 Å². The molecule has 1 atom stereocenters. The molecule has 0 radical (unpaired) electrons. The fraction of sp³-hybridized carbons (Fsp3) is 0.250. The van der Waals surface area contributed by atoms with Crippen LogP contribution in [0.3, 0.4) is 0 Å². The molecule has 0 saturated carbocycles. The molecule has 0 aliphatic carbocycles. The maximum Gasteiger partial charge on any atom is 0.321 e. The normalized spacial score (nSPS) is 11.8. The number of carbonyl (C=O) groups excluding carboxylic acids is 2. The summed E-state index contributed by atoms with van der Waals surface area (Å²) in [4.78, 5) is 23.2. The number of amides is 3. The molecule has 0 aliphatic heterocycles. The Kier molecular flexibility index (Phi) is 6.02. The molecule has 1 aromatic heterocycles. The highest BCUT2D eigenvalue weighted by Crippen LogP contribution is 2.17. The van der Waals surface area contributed by atoms with Crippen LogP contribution in [-0.2, 0) is 11.3 Å². The van der Waals surface area contributed by atoms with Crippen molar-refractivity contribution in [3.05, 3.63) is 59.6 Å². The van der Waals surface area contributed by atoms with Crippen molar-refractivity contribution in [3.63, 3.8) is 0 Å². The lowest BCUT2D eigenvalue weighted by atomic mass is 10.1. The predicted molar refractivity (Wildman–Crippen MR) is 81.9 cm³/mol. The predicted octanol–water partition coefficient (Wildman–Crippen LogP) is 2.23. The summed E-state index contributed by atoms with van der Waals surface area (Å²) >= 11 is 0. The molecule has 8 heteroatoms. The average molecular weight is 337 g/mol. The number of benzene rings is 1. The first kappa shape index (κ1) is 17.6. The quantitative estimate of drug-likeness (QED) is 0.755. The Morgan fingerprint density at radius 2 is 2.04 bits per heavy atom. The van der Waals surface area contributed by atoms with Gasteiger partial charge in [0.05, 0.1) is 19.4 Å². The number of rotatable bonds is 6. The molecule has 6 nitrogen and oxygen atoms in total. The van der Waals surface area contributed by atoms with Gasteiger partial charge in [-0.2, -0.15) is 0 Å². The van der Waals surface area contributed by atoms with Crippen LogP contribution in [0.4, 0.5) is 13.6 Å². The van der Waals surface area contributed by atoms with Gasteiger partial charge in [-0.1, -0.05) is 6.07 Å². The van der Waals surface area contributed by atoms with Crippen molar-refractivity contribution in [2.24, 2.45) is 0 Å². The third kappa shape index (κ3) is 5.17. The number of imide groups is 1. The van der Waals surface area contributed by atoms with E-state index >= 15 is 0 Å². The highest BCUT2D eigenvalue weighted by molar-refractivity contribution is 5.95. The Morgan fingerprint density at radius 1 is 1.25 bits per heavy atom. The second kappa shape index (κ2) is 8.21. The zero-order chi connectivity index (χ0) is 17.5. The van der Waals surface area contributed by atoms with Crippen LogP contribution in [0.15, 0.2) is 41.0 Å². The van der Waals surface area contributed by atoms with Gasteiger partial charge in [0.2, 0.25) is 5.91 Å². The van der Waals surface area contributed by atoms with Gasteiger partial charge in [0.15, 0.2) is 0 Å². The van der Waals surface area contributed by atoms with Crippen LogP contribution in [0.1, 0.15) is 24.3 Å². The lowest BCUT2D eigenvalue weighted by Crippen LogP contribution is -2.43. The molecule has 0 saturated heterocycles. The first-order chi connectivity index (χ1) is 11.5. The van der Waals surface area contributed by atoms with Crippen LogP contribution in [0, 0.1) is 11.6 Å². The molecule has 0 spiro atoms. The highest BCUT2D eigenvalue weighted by atomic mass is 19.1. The average Bonchev–Trinajstić information content (AvgIpc) is 3.04. The summed E-state index contributed by atoms with van der Waals surface area (Å²) in [6.45, 7) is 1.57. The molecule has 3 N–H and O–H groups in total. The minimum atomic E-state index is -0.702. The molecular weight excluding hydrogens is 320 g/mol. The topological polar surface area (TPSA) is 83.4 Å². The van der Waals surface area contributed by atoms with E-state index in [1.807, 2.05) is 0 Å². The van der Waals surface area contributed by atoms with Gasteiger partial charge in [-0.25, -0.2) is 13.6 Å². The van der Waals surface area contributed by atoms with Gasteiger partial charge in [0, 0.05) is 17.7 Å². The van der Waals surface area contributed by atoms with Gasteiger partial charge in [-0.3, -0.25) is 10.1 Å². The molecule has 2 rings (SSSR count). The van der Waals surface area contributed by atoms with Gasteiger partial charge in [0.1, 0.15) is 17.4 Å². The zero-order valence-corrected chi connectivity index (χ0v) is 12.9. The standard InChI is InChI=1S/C16H17F2N3O3/c1-10(13-5-4-11(17)7-14(13)18)19-9-15(22)21-16(23)20-8-12-3-2-6-24-12/h2-7,10,19H,8-9H2,1H3,(H2,20,21,22,23)/t10-/m1/s1. The van der Waals surface area contributed by atoms with Crippen LogP contribution in [0.2, 0.25) is 0 Å². The van der Waals surface area contributed by atoms with E-state index in [9.17, 15) is 18.4 Å². The first-order valence-corrected chi connectivity index (χ1v) is 7.24. The lowest BCUT2D eigenvalue weighted by Gasteiger charge is -2.14. The molecule has 1 aromatic carbocycles. The molecule has 1 heterocycles. The van der Waals surface area contributed by atoms with Crippen molar-refractivity contribution < 1.29 is 22.8 Å². The Morgan fingerprint density at radius 3 is 2.71 bits per heavy atom. The summed E-state index contributed by atoms with van der Waals surface area (Å²) in [5.41, 5.74) is 0.228. The molecule has 128 valence electrons. The maximum absolute atomic E-state index is 13.6. The summed E-state index contributed by atoms with van der Waals surface area (Å²) in [7, 11) is 0. The van der Waals surface area contributed by atoms with Crippen molar-refractivity contribution in [2.45, 2.75) is 19.5 Å². The number of hydrogen-bond donors (Lipinski definition) is 3. The molecule has 0 aliphatic rings. The molecule has 0 unspecified atom stereocenters. The maximum atomic E-state index is 13.6. The minimum absolute atomic E-state index is 0.150. The van der Waals surface area contributed by atoms with E-state index in [2.05, 4.69) is 16.0 Å². The van der Waals surface area contributed by atoms with Gasteiger partial charge in [-0.15, -0.1) is 0 Å². The van der Waals surface area contributed by atoms with E-state index in [4.69, 9.17) is 4.42 Å². The fourth-order valence-corrected chi connectivity index (χ4v) is 2.00. The Hall–Kier alpha value is -2.74. The Labute approximate surface area is 137 Å². The van der Waals surface area contributed by atoms with E-state index in [1.165, 1.54) is 12.3 Å². The van der Waals surface area contributed by atoms with E-state index in [0.29, 0.717) is 5.76 Å². The number of nitrogens with one attached hydrogen (secondary N) is 3. The van der Waals surface area contributed by atoms with E-state index in [0.717, 1.165) is 12.1 Å². The van der Waals surface area contributed by atoms with Crippen molar-refractivity contribution >= 4 is 11.9 Å². The van der Waals surface area contributed by atoms with Crippen LogP contribution >= 0.6 is 0 Å². The SMILES string of the molecule is C[C@@H](NCC(=O)NC(=O)NCc1ccco1)c1ccc(F)cc1F. The lowest BCUT2D eigenvalue weighted by molar-refractivity contribution is -0.119. The van der Waals surface area contributed by atoms with E-state index in [-0.39, 0.29) is 18.7 Å². The summed E-state index contributed by atoms with van der Waals surface area (Å²) < 4.78 is 31.5. The van der Waals surface area contributed by atoms with Crippen molar-refractivity contribution in [1.82, 2.24) is 16.0 Å². The van der Waals surface area contributed by atoms with Crippen LogP contribution in [0.25, 0.3) is 0 Å². The third-order valence-corrected chi connectivity index (χ3v) is 3.25. The van der Waals surface area contributed by atoms with E-state index < -0.39 is 29.6 Å². The number of halogens is 2. The monoisotopic (exact) mass is 337 g/mol. The van der Waals surface area contributed by atoms with Gasteiger partial charge >= 0.3 is 6.03 Å². The molecule has 0 fully saturated rings. The van der Waals surface area contributed by atoms with E-state index in [1.54, 1.807) is 19.1 Å². The van der Waals surface area contributed by atoms with Gasteiger partial charge in [-0.05, 0) is 25.1 Å². The molecule has 24 heavy (non-hydrogen) atoms. The van der Waals surface area contributed by atoms with Crippen molar-refractivity contribution in [3.8, 4) is 0 Å². The van der Waals surface area contributed by atoms with Crippen LogP contribution in [-0.4, -0.2) is 18.5 Å². The van der Waals surface area contributed by atoms with Crippen molar-refractivity contribution in [2.75, 3.05) is 6.54 Å². The summed E-state index contributed by atoms with van der Waals surface area (Å²) in [5, 5.41) is 7.34. The van der Waals surface area contributed by atoms with Crippen molar-refractivity contribution in [1.29, 1.82) is 0 Å². The number of carbonyl (C=O) groups is 2. The molecule has 2 aromatic rings. The highest BCUT2D eigenvalue weighted by Gasteiger charge is 2.14. The molecular formula is C16H17F2N3O3. The number of hydrogen-bond acceptors (Lipinski definition) is 4. The Balaban J connectivity index is 1.74. The summed E-state index contributed by atoms with van der Waals surface area (Å²) in [5.74, 6) is -1.40. The smallest absolute Gasteiger partial charge is 0.321 e. The van der Waals surface area contributed by atoms with Crippen LogP contribution < -0.4 is 16.0 Å². The van der Waals surface area contributed by atoms with Crippen LogP contribution in [0.5, 0.6) is 0 Å². The summed E-state index contributed by atoms with van der Waals surface area (Å²) in [6.07, 6.45) is 1.47. The zero-order valence-electron chi connectivity index (χ0n) is 12.9.